The molecule has 0 aliphatic heterocycles. The van der Waals surface area contributed by atoms with E-state index in [0.29, 0.717) is 0 Å². The Morgan fingerprint density at radius 1 is 1.16 bits per heavy atom. The highest BCUT2D eigenvalue weighted by Gasteiger charge is 2.22. The Kier molecular flexibility index (Phi) is 6.33. The molecule has 134 valence electrons. The molecular formula is C17H20NO6P. The van der Waals surface area contributed by atoms with Crippen LogP contribution in [0, 0.1) is 0 Å². The van der Waals surface area contributed by atoms with Crippen LogP contribution in [0.25, 0.3) is 11.1 Å². The lowest BCUT2D eigenvalue weighted by atomic mass is 10.0. The maximum atomic E-state index is 11.3. The number of carboxylic acid groups (broad SMARTS) is 1. The number of benzene rings is 2. The molecule has 0 amide bonds. The van der Waals surface area contributed by atoms with E-state index in [2.05, 4.69) is 5.32 Å². The number of carbonyl (C=O) groups is 1. The molecule has 1 atom stereocenters. The van der Waals surface area contributed by atoms with Crippen molar-refractivity contribution in [2.75, 3.05) is 13.4 Å². The number of carboxylic acids is 1. The van der Waals surface area contributed by atoms with Crippen LogP contribution >= 0.6 is 7.60 Å². The summed E-state index contributed by atoms with van der Waals surface area (Å²) >= 11 is 0. The quantitative estimate of drug-likeness (QED) is 0.529. The summed E-state index contributed by atoms with van der Waals surface area (Å²) in [5, 5.41) is 11.6. The van der Waals surface area contributed by atoms with E-state index in [9.17, 15) is 14.5 Å². The second kappa shape index (κ2) is 8.27. The van der Waals surface area contributed by atoms with Crippen molar-refractivity contribution in [1.29, 1.82) is 0 Å². The number of hydrogen-bond acceptors (Lipinski definition) is 4. The maximum absolute atomic E-state index is 11.3. The van der Waals surface area contributed by atoms with Crippen LogP contribution < -0.4 is 10.1 Å². The monoisotopic (exact) mass is 365 g/mol. The lowest BCUT2D eigenvalue weighted by molar-refractivity contribution is -0.139. The molecule has 4 N–H and O–H groups in total. The van der Waals surface area contributed by atoms with E-state index >= 15 is 0 Å². The van der Waals surface area contributed by atoms with Crippen molar-refractivity contribution in [2.24, 2.45) is 0 Å². The molecule has 7 nitrogen and oxygen atoms in total. The van der Waals surface area contributed by atoms with E-state index in [1.165, 1.54) is 0 Å². The smallest absolute Gasteiger partial charge is 0.339 e. The standard InChI is InChI=1S/C17H20NO6P/c1-24-15-4-2-3-14(10-15)13-7-5-12(6-8-13)9-16(17(19)20)18-11-25(21,22)23/h2-8,10,16,18H,9,11H2,1H3,(H,19,20)(H2,21,22,23). The zero-order valence-electron chi connectivity index (χ0n) is 13.6. The Morgan fingerprint density at radius 3 is 2.40 bits per heavy atom. The second-order valence-electron chi connectivity index (χ2n) is 5.55. The summed E-state index contributed by atoms with van der Waals surface area (Å²) in [6.07, 6.45) is -0.556. The lowest BCUT2D eigenvalue weighted by Gasteiger charge is -2.15. The molecule has 0 heterocycles. The van der Waals surface area contributed by atoms with Gasteiger partial charge in [0.05, 0.1) is 13.4 Å². The van der Waals surface area contributed by atoms with Gasteiger partial charge in [0, 0.05) is 0 Å². The molecule has 25 heavy (non-hydrogen) atoms. The summed E-state index contributed by atoms with van der Waals surface area (Å²) in [6, 6.07) is 13.8. The van der Waals surface area contributed by atoms with Gasteiger partial charge in [0.25, 0.3) is 0 Å². The van der Waals surface area contributed by atoms with Crippen LogP contribution in [0.15, 0.2) is 48.5 Å². The van der Waals surface area contributed by atoms with Crippen LogP contribution in [0.1, 0.15) is 5.56 Å². The third-order valence-corrected chi connectivity index (χ3v) is 4.23. The van der Waals surface area contributed by atoms with Crippen molar-refractivity contribution in [3.63, 3.8) is 0 Å². The molecule has 2 aromatic carbocycles. The first kappa shape index (κ1) is 19.1. The zero-order chi connectivity index (χ0) is 18.4. The summed E-state index contributed by atoms with van der Waals surface area (Å²) in [5.41, 5.74) is 2.68. The van der Waals surface area contributed by atoms with Crippen molar-refractivity contribution >= 4 is 13.6 Å². The van der Waals surface area contributed by atoms with Gasteiger partial charge in [-0.15, -0.1) is 0 Å². The minimum atomic E-state index is -4.31. The van der Waals surface area contributed by atoms with Gasteiger partial charge in [-0.3, -0.25) is 14.7 Å². The minimum absolute atomic E-state index is 0.119. The van der Waals surface area contributed by atoms with Crippen LogP contribution in [-0.2, 0) is 15.8 Å². The molecule has 0 spiro atoms. The number of rotatable bonds is 8. The molecule has 0 bridgehead atoms. The molecular weight excluding hydrogens is 345 g/mol. The molecule has 8 heteroatoms. The number of aliphatic carboxylic acids is 1. The van der Waals surface area contributed by atoms with Gasteiger partial charge in [-0.25, -0.2) is 0 Å². The molecule has 2 aromatic rings. The average Bonchev–Trinajstić information content (AvgIpc) is 2.58. The second-order valence-corrected chi connectivity index (χ2v) is 7.20. The van der Waals surface area contributed by atoms with E-state index in [0.717, 1.165) is 22.4 Å². The lowest BCUT2D eigenvalue weighted by Crippen LogP contribution is -2.39. The highest BCUT2D eigenvalue weighted by molar-refractivity contribution is 7.51. The number of methoxy groups -OCH3 is 1. The van der Waals surface area contributed by atoms with Gasteiger partial charge < -0.3 is 19.6 Å². The van der Waals surface area contributed by atoms with Crippen LogP contribution in [0.5, 0.6) is 5.75 Å². The molecule has 0 radical (unpaired) electrons. The van der Waals surface area contributed by atoms with Gasteiger partial charge in [0.15, 0.2) is 0 Å². The molecule has 0 aliphatic rings. The highest BCUT2D eigenvalue weighted by Crippen LogP contribution is 2.32. The van der Waals surface area contributed by atoms with E-state index < -0.39 is 25.9 Å². The summed E-state index contributed by atoms with van der Waals surface area (Å²) in [6.45, 7) is 0. The molecule has 0 saturated heterocycles. The zero-order valence-corrected chi connectivity index (χ0v) is 14.5. The van der Waals surface area contributed by atoms with Gasteiger partial charge in [-0.1, -0.05) is 36.4 Å². The molecule has 0 fully saturated rings. The van der Waals surface area contributed by atoms with Crippen molar-refractivity contribution in [1.82, 2.24) is 5.32 Å². The van der Waals surface area contributed by atoms with E-state index in [-0.39, 0.29) is 6.42 Å². The van der Waals surface area contributed by atoms with Crippen LogP contribution in [0.3, 0.4) is 0 Å². The first-order valence-corrected chi connectivity index (χ1v) is 9.32. The number of hydrogen-bond donors (Lipinski definition) is 4. The van der Waals surface area contributed by atoms with Gasteiger partial charge in [-0.2, -0.15) is 0 Å². The van der Waals surface area contributed by atoms with Gasteiger partial charge in [0.2, 0.25) is 0 Å². The van der Waals surface area contributed by atoms with Crippen molar-refractivity contribution in [3.05, 3.63) is 54.1 Å². The largest absolute Gasteiger partial charge is 0.497 e. The van der Waals surface area contributed by atoms with E-state index in [1.54, 1.807) is 19.2 Å². The fraction of sp³-hybridized carbons (Fsp3) is 0.235. The Hall–Kier alpha value is -2.18. The van der Waals surface area contributed by atoms with E-state index in [4.69, 9.17) is 14.5 Å². The maximum Gasteiger partial charge on any atom is 0.339 e. The van der Waals surface area contributed by atoms with Crippen LogP contribution in [0.2, 0.25) is 0 Å². The number of ether oxygens (including phenoxy) is 1. The third-order valence-electron chi connectivity index (χ3n) is 3.64. The van der Waals surface area contributed by atoms with Crippen molar-refractivity contribution in [2.45, 2.75) is 12.5 Å². The summed E-state index contributed by atoms with van der Waals surface area (Å²) < 4.78 is 16.1. The predicted octanol–water partition coefficient (Wildman–Crippen LogP) is 2.08. The molecule has 0 aromatic heterocycles. The van der Waals surface area contributed by atoms with Crippen molar-refractivity contribution in [3.8, 4) is 16.9 Å². The van der Waals surface area contributed by atoms with Crippen molar-refractivity contribution < 1.29 is 29.0 Å². The predicted molar refractivity (Wildman–Crippen MR) is 93.6 cm³/mol. The van der Waals surface area contributed by atoms with Gasteiger partial charge in [0.1, 0.15) is 11.8 Å². The van der Waals surface area contributed by atoms with Gasteiger partial charge >= 0.3 is 13.6 Å². The summed E-state index contributed by atoms with van der Waals surface area (Å²) in [5.74, 6) is -0.417. The molecule has 2 rings (SSSR count). The van der Waals surface area contributed by atoms with Gasteiger partial charge in [-0.05, 0) is 35.2 Å². The molecule has 1 unspecified atom stereocenters. The summed E-state index contributed by atoms with van der Waals surface area (Å²) in [4.78, 5) is 29.0. The third kappa shape index (κ3) is 5.99. The molecule has 0 aliphatic carbocycles. The van der Waals surface area contributed by atoms with E-state index in [1.807, 2.05) is 36.4 Å². The Balaban J connectivity index is 2.09. The fourth-order valence-electron chi connectivity index (χ4n) is 2.35. The van der Waals surface area contributed by atoms with Crippen LogP contribution in [-0.4, -0.2) is 40.3 Å². The number of nitrogens with one attached hydrogen (secondary N) is 1. The SMILES string of the molecule is COc1cccc(-c2ccc(CC(NCP(=O)(O)O)C(=O)O)cc2)c1. The topological polar surface area (TPSA) is 116 Å². The van der Waals surface area contributed by atoms with Crippen LogP contribution in [0.4, 0.5) is 0 Å². The fourth-order valence-corrected chi connectivity index (χ4v) is 2.81. The first-order chi connectivity index (χ1) is 11.8. The average molecular weight is 365 g/mol. The first-order valence-electron chi connectivity index (χ1n) is 7.52. The molecule has 0 saturated carbocycles. The normalized spacial score (nSPS) is 12.6. The minimum Gasteiger partial charge on any atom is -0.497 e. The highest BCUT2D eigenvalue weighted by atomic mass is 31.2. The Bertz CT molecular complexity index is 771. The Morgan fingerprint density at radius 2 is 1.84 bits per heavy atom. The summed E-state index contributed by atoms with van der Waals surface area (Å²) in [7, 11) is -2.71. The Labute approximate surface area is 145 Å².